The Hall–Kier alpha value is -1.26. The highest BCUT2D eigenvalue weighted by Gasteiger charge is 2.06. The molecule has 0 fully saturated rings. The molecule has 0 aliphatic rings. The zero-order valence-corrected chi connectivity index (χ0v) is 10.4. The minimum Gasteiger partial charge on any atom is -0.397 e. The highest BCUT2D eigenvalue weighted by atomic mass is 35.5. The fraction of sp³-hybridized carbons (Fsp3) is 0.0833. The van der Waals surface area contributed by atoms with Gasteiger partial charge in [-0.15, -0.1) is 0 Å². The maximum absolute atomic E-state index is 13.5. The number of nitrogens with two attached hydrogens (primary N) is 1. The van der Waals surface area contributed by atoms with Crippen molar-refractivity contribution in [3.63, 3.8) is 0 Å². The molecule has 0 atom stereocenters. The number of pyridine rings is 1. The average molecular weight is 269 g/mol. The lowest BCUT2D eigenvalue weighted by Crippen LogP contribution is -1.92. The molecule has 0 aliphatic heterocycles. The molecule has 0 spiro atoms. The monoisotopic (exact) mass is 268 g/mol. The zero-order valence-electron chi connectivity index (χ0n) is 8.86. The van der Waals surface area contributed by atoms with Gasteiger partial charge in [-0.1, -0.05) is 29.4 Å². The lowest BCUT2D eigenvalue weighted by molar-refractivity contribution is 0.617. The van der Waals surface area contributed by atoms with Crippen molar-refractivity contribution in [2.24, 2.45) is 0 Å². The van der Waals surface area contributed by atoms with Gasteiger partial charge in [0.2, 0.25) is 0 Å². The Morgan fingerprint density at radius 2 is 2.18 bits per heavy atom. The average Bonchev–Trinajstić information content (AvgIpc) is 2.30. The van der Waals surface area contributed by atoms with Crippen LogP contribution in [0.1, 0.15) is 5.56 Å². The van der Waals surface area contributed by atoms with Gasteiger partial charge in [0.05, 0.1) is 5.69 Å². The topological polar surface area (TPSA) is 38.9 Å². The van der Waals surface area contributed by atoms with Gasteiger partial charge >= 0.3 is 0 Å². The minimum absolute atomic E-state index is 0.306. The van der Waals surface area contributed by atoms with Crippen molar-refractivity contribution in [3.8, 4) is 0 Å². The molecule has 2 rings (SSSR count). The van der Waals surface area contributed by atoms with E-state index in [0.717, 1.165) is 0 Å². The predicted molar refractivity (Wildman–Crippen MR) is 69.6 cm³/mol. The van der Waals surface area contributed by atoms with Crippen LogP contribution in [0.15, 0.2) is 41.6 Å². The van der Waals surface area contributed by atoms with Crippen molar-refractivity contribution in [1.82, 2.24) is 4.98 Å². The van der Waals surface area contributed by atoms with Crippen molar-refractivity contribution >= 4 is 29.1 Å². The SMILES string of the molecule is Nc1cccnc1SCc1ccc(Cl)cc1F. The third-order valence-corrected chi connectivity index (χ3v) is 3.49. The first-order valence-corrected chi connectivity index (χ1v) is 6.30. The first kappa shape index (κ1) is 12.2. The zero-order chi connectivity index (χ0) is 12.3. The molecule has 0 aliphatic carbocycles. The molecule has 17 heavy (non-hydrogen) atoms. The Labute approximate surface area is 108 Å². The molecular formula is C12H10ClFN2S. The molecule has 2 N–H and O–H groups in total. The summed E-state index contributed by atoms with van der Waals surface area (Å²) in [6, 6.07) is 8.18. The van der Waals surface area contributed by atoms with Crippen LogP contribution in [0.2, 0.25) is 5.02 Å². The van der Waals surface area contributed by atoms with Gasteiger partial charge in [-0.25, -0.2) is 9.37 Å². The summed E-state index contributed by atoms with van der Waals surface area (Å²) in [5, 5.41) is 1.11. The number of hydrogen-bond acceptors (Lipinski definition) is 3. The van der Waals surface area contributed by atoms with E-state index in [-0.39, 0.29) is 5.82 Å². The highest BCUT2D eigenvalue weighted by molar-refractivity contribution is 7.98. The van der Waals surface area contributed by atoms with Crippen LogP contribution in [-0.2, 0) is 5.75 Å². The second kappa shape index (κ2) is 5.38. The highest BCUT2D eigenvalue weighted by Crippen LogP contribution is 2.27. The molecule has 5 heteroatoms. The molecule has 2 nitrogen and oxygen atoms in total. The van der Waals surface area contributed by atoms with E-state index < -0.39 is 0 Å². The Balaban J connectivity index is 2.10. The molecule has 1 aromatic heterocycles. The van der Waals surface area contributed by atoms with Crippen molar-refractivity contribution in [2.45, 2.75) is 10.8 Å². The normalized spacial score (nSPS) is 10.5. The summed E-state index contributed by atoms with van der Waals surface area (Å²) in [4.78, 5) is 4.13. The van der Waals surface area contributed by atoms with Crippen LogP contribution in [0.3, 0.4) is 0 Å². The smallest absolute Gasteiger partial charge is 0.128 e. The number of nitrogen functional groups attached to an aromatic ring is 1. The predicted octanol–water partition coefficient (Wildman–Crippen LogP) is 3.75. The van der Waals surface area contributed by atoms with Crippen LogP contribution in [0.5, 0.6) is 0 Å². The fourth-order valence-corrected chi connectivity index (χ4v) is 2.36. The number of aromatic nitrogens is 1. The van der Waals surface area contributed by atoms with E-state index in [1.54, 1.807) is 30.5 Å². The number of thioether (sulfide) groups is 1. The van der Waals surface area contributed by atoms with Crippen molar-refractivity contribution in [2.75, 3.05) is 5.73 Å². The molecule has 2 aromatic rings. The lowest BCUT2D eigenvalue weighted by atomic mass is 10.2. The molecule has 0 radical (unpaired) electrons. The van der Waals surface area contributed by atoms with Crippen LogP contribution in [0, 0.1) is 5.82 Å². The number of halogens is 2. The van der Waals surface area contributed by atoms with Crippen LogP contribution in [-0.4, -0.2) is 4.98 Å². The largest absolute Gasteiger partial charge is 0.397 e. The number of hydrogen-bond donors (Lipinski definition) is 1. The maximum atomic E-state index is 13.5. The van der Waals surface area contributed by atoms with Crippen LogP contribution in [0.25, 0.3) is 0 Å². The summed E-state index contributed by atoms with van der Waals surface area (Å²) < 4.78 is 13.5. The molecule has 0 saturated carbocycles. The summed E-state index contributed by atoms with van der Waals surface area (Å²) >= 11 is 7.08. The molecular weight excluding hydrogens is 259 g/mol. The second-order valence-electron chi connectivity index (χ2n) is 3.42. The molecule has 88 valence electrons. The Morgan fingerprint density at radius 1 is 1.35 bits per heavy atom. The van der Waals surface area contributed by atoms with Crippen LogP contribution in [0.4, 0.5) is 10.1 Å². The molecule has 1 heterocycles. The summed E-state index contributed by atoms with van der Waals surface area (Å²) in [7, 11) is 0. The van der Waals surface area contributed by atoms with E-state index in [0.29, 0.717) is 27.1 Å². The van der Waals surface area contributed by atoms with Gasteiger partial charge < -0.3 is 5.73 Å². The van der Waals surface area contributed by atoms with Gasteiger partial charge in [-0.3, -0.25) is 0 Å². The standard InChI is InChI=1S/C12H10ClFN2S/c13-9-4-3-8(10(14)6-9)7-17-12-11(15)2-1-5-16-12/h1-6H,7,15H2. The van der Waals surface area contributed by atoms with Gasteiger partial charge in [0.1, 0.15) is 10.8 Å². The summed E-state index contributed by atoms with van der Waals surface area (Å²) in [5.74, 6) is 0.170. The number of benzene rings is 1. The van der Waals surface area contributed by atoms with Crippen LogP contribution < -0.4 is 5.73 Å². The maximum Gasteiger partial charge on any atom is 0.128 e. The van der Waals surface area contributed by atoms with Gasteiger partial charge in [-0.2, -0.15) is 0 Å². The summed E-state index contributed by atoms with van der Waals surface area (Å²) in [6.45, 7) is 0. The van der Waals surface area contributed by atoms with Crippen molar-refractivity contribution in [1.29, 1.82) is 0 Å². The van der Waals surface area contributed by atoms with E-state index in [1.807, 2.05) is 0 Å². The first-order valence-electron chi connectivity index (χ1n) is 4.94. The van der Waals surface area contributed by atoms with Gasteiger partial charge in [0.15, 0.2) is 0 Å². The Bertz CT molecular complexity index is 534. The minimum atomic E-state index is -0.306. The Morgan fingerprint density at radius 3 is 2.88 bits per heavy atom. The van der Waals surface area contributed by atoms with E-state index in [9.17, 15) is 4.39 Å². The van der Waals surface area contributed by atoms with Crippen molar-refractivity contribution < 1.29 is 4.39 Å². The molecule has 1 aromatic carbocycles. The quantitative estimate of drug-likeness (QED) is 0.862. The molecule has 0 saturated heterocycles. The van der Waals surface area contributed by atoms with E-state index in [1.165, 1.54) is 17.8 Å². The van der Waals surface area contributed by atoms with Crippen molar-refractivity contribution in [3.05, 3.63) is 52.9 Å². The number of rotatable bonds is 3. The first-order chi connectivity index (χ1) is 8.16. The van der Waals surface area contributed by atoms with E-state index >= 15 is 0 Å². The third-order valence-electron chi connectivity index (χ3n) is 2.18. The fourth-order valence-electron chi connectivity index (χ4n) is 1.31. The third kappa shape index (κ3) is 3.11. The summed E-state index contributed by atoms with van der Waals surface area (Å²) in [5.41, 5.74) is 6.94. The van der Waals surface area contributed by atoms with E-state index in [2.05, 4.69) is 4.98 Å². The molecule has 0 amide bonds. The van der Waals surface area contributed by atoms with E-state index in [4.69, 9.17) is 17.3 Å². The number of anilines is 1. The lowest BCUT2D eigenvalue weighted by Gasteiger charge is -2.05. The van der Waals surface area contributed by atoms with Gasteiger partial charge in [-0.05, 0) is 29.8 Å². The summed E-state index contributed by atoms with van der Waals surface area (Å²) in [6.07, 6.45) is 1.66. The van der Waals surface area contributed by atoms with Gasteiger partial charge in [0.25, 0.3) is 0 Å². The van der Waals surface area contributed by atoms with Crippen LogP contribution >= 0.6 is 23.4 Å². The second-order valence-corrected chi connectivity index (χ2v) is 4.82. The van der Waals surface area contributed by atoms with Gasteiger partial charge in [0, 0.05) is 17.0 Å². The molecule has 0 bridgehead atoms. The number of nitrogens with zero attached hydrogens (tertiary/aromatic N) is 1. The molecule has 0 unspecified atom stereocenters. The Kier molecular flexibility index (Phi) is 3.86.